The van der Waals surface area contributed by atoms with E-state index in [1.54, 1.807) is 11.8 Å². The largest absolute Gasteiger partial charge is 0.341 e. The molecule has 30 heavy (non-hydrogen) atoms. The van der Waals surface area contributed by atoms with Gasteiger partial charge in [0, 0.05) is 43.9 Å². The number of aryl methyl sites for hydroxylation is 1. The molecule has 0 radical (unpaired) electrons. The number of nitrogens with zero attached hydrogens (tertiary/aromatic N) is 3. The number of pyridine rings is 1. The quantitative estimate of drug-likeness (QED) is 0.526. The molecular weight excluding hydrogens is 378 g/mol. The number of carbonyl (C=O) groups excluding carboxylic acids is 1. The highest BCUT2D eigenvalue weighted by molar-refractivity contribution is 6.10. The van der Waals surface area contributed by atoms with E-state index in [0.29, 0.717) is 24.2 Å². The van der Waals surface area contributed by atoms with Crippen LogP contribution in [0.2, 0.25) is 0 Å². The Balaban J connectivity index is 1.69. The standard InChI is InChI=1S/C24H23N3O3/c1-24(30-3)26(14-13-16-9-5-4-6-10-16)22(28)20-15-18-17-11-7-8-12-19(17)25(2)21(18)23(29)27(20)24/h4-12,15H,13-14H2,1-3H3/t24-/m0/s1. The first-order valence-electron chi connectivity index (χ1n) is 10.0. The molecule has 0 spiro atoms. The number of ether oxygens (including phenoxy) is 1. The maximum absolute atomic E-state index is 13.6. The van der Waals surface area contributed by atoms with Crippen LogP contribution in [-0.4, -0.2) is 33.6 Å². The third-order valence-electron chi connectivity index (χ3n) is 6.31. The van der Waals surface area contributed by atoms with Gasteiger partial charge >= 0.3 is 0 Å². The molecule has 152 valence electrons. The number of methoxy groups -OCH3 is 1. The lowest BCUT2D eigenvalue weighted by molar-refractivity contribution is -0.152. The van der Waals surface area contributed by atoms with Crippen LogP contribution in [0.4, 0.5) is 0 Å². The Hall–Kier alpha value is -3.38. The number of hydrogen-bond acceptors (Lipinski definition) is 3. The molecule has 4 aromatic rings. The van der Waals surface area contributed by atoms with E-state index in [1.165, 1.54) is 11.7 Å². The molecule has 2 aromatic heterocycles. The summed E-state index contributed by atoms with van der Waals surface area (Å²) in [4.78, 5) is 28.7. The van der Waals surface area contributed by atoms with Crippen molar-refractivity contribution in [3.63, 3.8) is 0 Å². The van der Waals surface area contributed by atoms with Crippen molar-refractivity contribution < 1.29 is 9.53 Å². The van der Waals surface area contributed by atoms with E-state index in [9.17, 15) is 9.59 Å². The average Bonchev–Trinajstić information content (AvgIpc) is 3.18. The molecule has 6 heteroatoms. The smallest absolute Gasteiger partial charge is 0.279 e. The van der Waals surface area contributed by atoms with E-state index in [4.69, 9.17) is 4.74 Å². The Kier molecular flexibility index (Phi) is 4.08. The van der Waals surface area contributed by atoms with Crippen molar-refractivity contribution >= 4 is 27.7 Å². The SMILES string of the molecule is CO[C@@]1(C)N(CCc2ccccc2)C(=O)c2cc3c4ccccc4n(C)c3c(=O)n21. The van der Waals surface area contributed by atoms with E-state index >= 15 is 0 Å². The molecule has 1 aliphatic heterocycles. The molecule has 0 aliphatic carbocycles. The molecule has 0 N–H and O–H groups in total. The molecule has 0 saturated heterocycles. The Morgan fingerprint density at radius 2 is 1.67 bits per heavy atom. The van der Waals surface area contributed by atoms with Crippen molar-refractivity contribution in [3.05, 3.63) is 82.3 Å². The fraction of sp³-hybridized carbons (Fsp3) is 0.250. The molecule has 0 bridgehead atoms. The number of aromatic nitrogens is 2. The molecule has 2 aromatic carbocycles. The second kappa shape index (κ2) is 6.57. The first kappa shape index (κ1) is 18.6. The molecule has 0 fully saturated rings. The van der Waals surface area contributed by atoms with Crippen LogP contribution in [0, 0.1) is 0 Å². The van der Waals surface area contributed by atoms with Crippen LogP contribution < -0.4 is 5.56 Å². The predicted octanol–water partition coefficient (Wildman–Crippen LogP) is 3.47. The van der Waals surface area contributed by atoms with Gasteiger partial charge in [-0.25, -0.2) is 0 Å². The first-order valence-corrected chi connectivity index (χ1v) is 10.0. The van der Waals surface area contributed by atoms with Crippen molar-refractivity contribution in [2.75, 3.05) is 13.7 Å². The minimum atomic E-state index is -1.18. The van der Waals surface area contributed by atoms with E-state index in [2.05, 4.69) is 0 Å². The molecular formula is C24H23N3O3. The van der Waals surface area contributed by atoms with Crippen LogP contribution in [0.5, 0.6) is 0 Å². The highest BCUT2D eigenvalue weighted by Gasteiger charge is 2.48. The van der Waals surface area contributed by atoms with Gasteiger partial charge < -0.3 is 9.30 Å². The van der Waals surface area contributed by atoms with Crippen molar-refractivity contribution in [1.29, 1.82) is 0 Å². The van der Waals surface area contributed by atoms with Gasteiger partial charge in [0.05, 0.1) is 0 Å². The summed E-state index contributed by atoms with van der Waals surface area (Å²) < 4.78 is 9.20. The fourth-order valence-corrected chi connectivity index (χ4v) is 4.66. The van der Waals surface area contributed by atoms with Gasteiger partial charge in [0.25, 0.3) is 11.5 Å². The van der Waals surface area contributed by atoms with Gasteiger partial charge in [0.15, 0.2) is 0 Å². The normalized spacial score (nSPS) is 18.5. The number of carbonyl (C=O) groups is 1. The minimum Gasteiger partial charge on any atom is -0.341 e. The molecule has 0 unspecified atom stereocenters. The van der Waals surface area contributed by atoms with E-state index in [-0.39, 0.29) is 11.5 Å². The average molecular weight is 401 g/mol. The summed E-state index contributed by atoms with van der Waals surface area (Å²) in [5.41, 5.74) is 2.80. The number of benzene rings is 2. The lowest BCUT2D eigenvalue weighted by Gasteiger charge is -2.34. The fourth-order valence-electron chi connectivity index (χ4n) is 4.66. The van der Waals surface area contributed by atoms with Gasteiger partial charge in [-0.05, 0) is 24.1 Å². The third kappa shape index (κ3) is 2.40. The first-order chi connectivity index (χ1) is 14.5. The predicted molar refractivity (Wildman–Crippen MR) is 117 cm³/mol. The van der Waals surface area contributed by atoms with Gasteiger partial charge in [0.1, 0.15) is 11.2 Å². The lowest BCUT2D eigenvalue weighted by atomic mass is 10.1. The van der Waals surface area contributed by atoms with E-state index < -0.39 is 5.85 Å². The van der Waals surface area contributed by atoms with Gasteiger partial charge in [-0.3, -0.25) is 19.1 Å². The zero-order valence-corrected chi connectivity index (χ0v) is 17.3. The number of para-hydroxylation sites is 1. The highest BCUT2D eigenvalue weighted by Crippen LogP contribution is 2.35. The second-order valence-electron chi connectivity index (χ2n) is 7.84. The topological polar surface area (TPSA) is 56.5 Å². The van der Waals surface area contributed by atoms with Crippen LogP contribution in [0.25, 0.3) is 21.8 Å². The summed E-state index contributed by atoms with van der Waals surface area (Å²) in [7, 11) is 3.42. The van der Waals surface area contributed by atoms with Crippen LogP contribution in [0.15, 0.2) is 65.5 Å². The molecule has 1 aliphatic rings. The maximum atomic E-state index is 13.6. The zero-order valence-electron chi connectivity index (χ0n) is 17.3. The minimum absolute atomic E-state index is 0.192. The lowest BCUT2D eigenvalue weighted by Crippen LogP contribution is -2.50. The van der Waals surface area contributed by atoms with Gasteiger partial charge in [0.2, 0.25) is 5.85 Å². The summed E-state index contributed by atoms with van der Waals surface area (Å²) in [6.45, 7) is 2.23. The van der Waals surface area contributed by atoms with Crippen molar-refractivity contribution in [3.8, 4) is 0 Å². The Labute approximate surface area is 173 Å². The molecule has 3 heterocycles. The van der Waals surface area contributed by atoms with E-state index in [1.807, 2.05) is 72.3 Å². The van der Waals surface area contributed by atoms with E-state index in [0.717, 1.165) is 21.9 Å². The Bertz CT molecular complexity index is 1350. The Morgan fingerprint density at radius 1 is 0.967 bits per heavy atom. The zero-order chi connectivity index (χ0) is 21.0. The van der Waals surface area contributed by atoms with Gasteiger partial charge in [-0.2, -0.15) is 0 Å². The summed E-state index contributed by atoms with van der Waals surface area (Å²) in [6, 6.07) is 19.7. The number of hydrogen-bond donors (Lipinski definition) is 0. The molecule has 1 amide bonds. The van der Waals surface area contributed by atoms with Crippen LogP contribution in [0.1, 0.15) is 23.0 Å². The van der Waals surface area contributed by atoms with Crippen molar-refractivity contribution in [1.82, 2.24) is 14.0 Å². The van der Waals surface area contributed by atoms with Gasteiger partial charge in [-0.15, -0.1) is 0 Å². The number of amides is 1. The third-order valence-corrected chi connectivity index (χ3v) is 6.31. The van der Waals surface area contributed by atoms with Gasteiger partial charge in [-0.1, -0.05) is 48.5 Å². The Morgan fingerprint density at radius 3 is 2.40 bits per heavy atom. The van der Waals surface area contributed by atoms with Crippen LogP contribution in [0.3, 0.4) is 0 Å². The monoisotopic (exact) mass is 401 g/mol. The number of fused-ring (bicyclic) bond motifs is 4. The summed E-state index contributed by atoms with van der Waals surface area (Å²) >= 11 is 0. The molecule has 0 saturated carbocycles. The van der Waals surface area contributed by atoms with Crippen molar-refractivity contribution in [2.45, 2.75) is 19.2 Å². The summed E-state index contributed by atoms with van der Waals surface area (Å²) in [5.74, 6) is -1.37. The van der Waals surface area contributed by atoms with Crippen LogP contribution >= 0.6 is 0 Å². The molecule has 5 rings (SSSR count). The summed E-state index contributed by atoms with van der Waals surface area (Å²) in [5, 5.41) is 1.76. The van der Waals surface area contributed by atoms with Crippen LogP contribution in [-0.2, 0) is 24.1 Å². The molecule has 6 nitrogen and oxygen atoms in total. The second-order valence-corrected chi connectivity index (χ2v) is 7.84. The number of rotatable bonds is 4. The molecule has 1 atom stereocenters. The highest BCUT2D eigenvalue weighted by atomic mass is 16.5. The summed E-state index contributed by atoms with van der Waals surface area (Å²) in [6.07, 6.45) is 0.677. The maximum Gasteiger partial charge on any atom is 0.279 e. The van der Waals surface area contributed by atoms with Crippen molar-refractivity contribution in [2.24, 2.45) is 7.05 Å².